The lowest BCUT2D eigenvalue weighted by atomic mass is 10.1. The molecule has 1 aliphatic rings. The van der Waals surface area contributed by atoms with Crippen LogP contribution in [0.5, 0.6) is 0 Å². The molecule has 3 aromatic rings. The summed E-state index contributed by atoms with van der Waals surface area (Å²) in [6, 6.07) is 10.9. The average Bonchev–Trinajstić information content (AvgIpc) is 2.91. The third kappa shape index (κ3) is 7.60. The molecule has 1 unspecified atom stereocenters. The summed E-state index contributed by atoms with van der Waals surface area (Å²) in [6.07, 6.45) is 6.96. The summed E-state index contributed by atoms with van der Waals surface area (Å²) in [7, 11) is 0. The predicted octanol–water partition coefficient (Wildman–Crippen LogP) is 2.84. The number of hydrogen-bond acceptors (Lipinski definition) is 8. The lowest BCUT2D eigenvalue weighted by Gasteiger charge is -2.24. The molecular weight excluding hydrogens is 470 g/mol. The monoisotopic (exact) mass is 505 g/mol. The predicted molar refractivity (Wildman–Crippen MR) is 143 cm³/mol. The van der Waals surface area contributed by atoms with Crippen molar-refractivity contribution >= 4 is 34.4 Å². The fourth-order valence-corrected chi connectivity index (χ4v) is 4.61. The second-order valence-corrected chi connectivity index (χ2v) is 9.42. The first-order chi connectivity index (χ1) is 18.0. The Bertz CT molecular complexity index is 1210. The summed E-state index contributed by atoms with van der Waals surface area (Å²) in [5.41, 5.74) is 8.49. The van der Waals surface area contributed by atoms with Crippen LogP contribution < -0.4 is 16.4 Å². The third-order valence-electron chi connectivity index (χ3n) is 6.67. The number of nitrogens with one attached hydrogen (secondary N) is 2. The van der Waals surface area contributed by atoms with Crippen molar-refractivity contribution in [3.63, 3.8) is 0 Å². The van der Waals surface area contributed by atoms with Crippen LogP contribution in [0, 0.1) is 0 Å². The van der Waals surface area contributed by atoms with E-state index in [4.69, 9.17) is 10.7 Å². The number of primary amides is 1. The van der Waals surface area contributed by atoms with E-state index in [0.717, 1.165) is 67.6 Å². The Morgan fingerprint density at radius 2 is 1.97 bits per heavy atom. The third-order valence-corrected chi connectivity index (χ3v) is 6.67. The van der Waals surface area contributed by atoms with E-state index >= 15 is 0 Å². The Morgan fingerprint density at radius 1 is 1.11 bits per heavy atom. The SMILES string of the molecule is NC(=O)CCN(CCCCc1ccc2c(n1)NCCC2)CCC(Nc1ncnc2ccccc12)C(=O)O. The maximum absolute atomic E-state index is 12.0. The summed E-state index contributed by atoms with van der Waals surface area (Å²) in [5.74, 6) is 0.185. The summed E-state index contributed by atoms with van der Waals surface area (Å²) < 4.78 is 0. The van der Waals surface area contributed by atoms with Crippen LogP contribution in [-0.4, -0.2) is 69.1 Å². The number of aryl methyl sites for hydroxylation is 2. The number of amides is 1. The second-order valence-electron chi connectivity index (χ2n) is 9.42. The number of carboxylic acids is 1. The zero-order valence-corrected chi connectivity index (χ0v) is 21.0. The molecular formula is C27H35N7O3. The molecule has 196 valence electrons. The number of aromatic nitrogens is 3. The number of para-hydroxylation sites is 1. The van der Waals surface area contributed by atoms with Gasteiger partial charge in [-0.25, -0.2) is 19.7 Å². The summed E-state index contributed by atoms with van der Waals surface area (Å²) in [4.78, 5) is 38.8. The van der Waals surface area contributed by atoms with Crippen LogP contribution in [0.4, 0.5) is 11.6 Å². The average molecular weight is 506 g/mol. The number of nitrogens with zero attached hydrogens (tertiary/aromatic N) is 4. The molecule has 10 heteroatoms. The van der Waals surface area contributed by atoms with E-state index in [-0.39, 0.29) is 12.3 Å². The number of anilines is 2. The molecule has 0 spiro atoms. The molecule has 1 aliphatic heterocycles. The van der Waals surface area contributed by atoms with Gasteiger partial charge in [-0.15, -0.1) is 0 Å². The van der Waals surface area contributed by atoms with E-state index in [1.807, 2.05) is 24.3 Å². The van der Waals surface area contributed by atoms with Crippen molar-refractivity contribution in [2.75, 3.05) is 36.8 Å². The highest BCUT2D eigenvalue weighted by atomic mass is 16.4. The molecule has 1 aromatic carbocycles. The number of aliphatic carboxylic acids is 1. The quantitative estimate of drug-likeness (QED) is 0.243. The van der Waals surface area contributed by atoms with Gasteiger partial charge in [0.2, 0.25) is 5.91 Å². The lowest BCUT2D eigenvalue weighted by molar-refractivity contribution is -0.138. The smallest absolute Gasteiger partial charge is 0.326 e. The number of hydrogen-bond donors (Lipinski definition) is 4. The first-order valence-electron chi connectivity index (χ1n) is 12.9. The van der Waals surface area contributed by atoms with Gasteiger partial charge in [0.05, 0.1) is 5.52 Å². The highest BCUT2D eigenvalue weighted by Crippen LogP contribution is 2.21. The summed E-state index contributed by atoms with van der Waals surface area (Å²) in [5, 5.41) is 17.1. The minimum absolute atomic E-state index is 0.236. The van der Waals surface area contributed by atoms with Gasteiger partial charge < -0.3 is 26.4 Å². The van der Waals surface area contributed by atoms with E-state index < -0.39 is 12.0 Å². The van der Waals surface area contributed by atoms with Crippen molar-refractivity contribution in [3.8, 4) is 0 Å². The first-order valence-corrected chi connectivity index (χ1v) is 12.9. The fourth-order valence-electron chi connectivity index (χ4n) is 4.61. The number of pyridine rings is 1. The van der Waals surface area contributed by atoms with Crippen molar-refractivity contribution in [1.82, 2.24) is 19.9 Å². The number of benzene rings is 1. The first kappa shape index (κ1) is 26.3. The molecule has 1 atom stereocenters. The zero-order valence-electron chi connectivity index (χ0n) is 21.0. The van der Waals surface area contributed by atoms with Crippen LogP contribution in [0.25, 0.3) is 10.9 Å². The van der Waals surface area contributed by atoms with Crippen LogP contribution in [0.2, 0.25) is 0 Å². The molecule has 5 N–H and O–H groups in total. The molecule has 10 nitrogen and oxygen atoms in total. The molecule has 37 heavy (non-hydrogen) atoms. The normalized spacial score (nSPS) is 13.6. The van der Waals surface area contributed by atoms with E-state index in [1.54, 1.807) is 0 Å². The molecule has 0 radical (unpaired) electrons. The number of rotatable bonds is 14. The highest BCUT2D eigenvalue weighted by molar-refractivity contribution is 5.90. The molecule has 4 rings (SSSR count). The standard InChI is InChI=1S/C27H35N7O3/c28-24(35)13-17-34(15-4-3-7-20-11-10-19-6-5-14-29-25(19)32-20)16-12-23(27(36)37)33-26-21-8-1-2-9-22(21)30-18-31-26/h1-2,8-11,18,23H,3-7,12-17H2,(H2,28,35)(H,29,32)(H,36,37)(H,30,31,33). The molecule has 3 heterocycles. The fraction of sp³-hybridized carbons (Fsp3) is 0.444. The van der Waals surface area contributed by atoms with E-state index in [9.17, 15) is 14.7 Å². The van der Waals surface area contributed by atoms with Gasteiger partial charge in [-0.3, -0.25) is 4.79 Å². The van der Waals surface area contributed by atoms with Gasteiger partial charge in [0, 0.05) is 37.1 Å². The van der Waals surface area contributed by atoms with Gasteiger partial charge in [0.25, 0.3) is 0 Å². The summed E-state index contributed by atoms with van der Waals surface area (Å²) in [6.45, 7) is 2.73. The number of carboxylic acid groups (broad SMARTS) is 1. The number of carbonyl (C=O) groups is 2. The van der Waals surface area contributed by atoms with E-state index in [2.05, 4.69) is 37.6 Å². The van der Waals surface area contributed by atoms with Gasteiger partial charge in [-0.2, -0.15) is 0 Å². The van der Waals surface area contributed by atoms with Gasteiger partial charge in [-0.05, 0) is 68.8 Å². The minimum atomic E-state index is -0.954. The van der Waals surface area contributed by atoms with Crippen molar-refractivity contribution < 1.29 is 14.7 Å². The number of carbonyl (C=O) groups excluding carboxylic acids is 1. The Kier molecular flexibility index (Phi) is 9.20. The van der Waals surface area contributed by atoms with Crippen molar-refractivity contribution in [1.29, 1.82) is 0 Å². The second kappa shape index (κ2) is 13.0. The van der Waals surface area contributed by atoms with Crippen LogP contribution in [0.3, 0.4) is 0 Å². The van der Waals surface area contributed by atoms with Gasteiger partial charge >= 0.3 is 5.97 Å². The van der Waals surface area contributed by atoms with Crippen molar-refractivity contribution in [3.05, 3.63) is 54.0 Å². The van der Waals surface area contributed by atoms with Crippen LogP contribution in [0.1, 0.15) is 43.4 Å². The van der Waals surface area contributed by atoms with Crippen LogP contribution >= 0.6 is 0 Å². The molecule has 0 saturated heterocycles. The minimum Gasteiger partial charge on any atom is -0.480 e. The van der Waals surface area contributed by atoms with Crippen molar-refractivity contribution in [2.45, 2.75) is 51.0 Å². The molecule has 0 bridgehead atoms. The maximum Gasteiger partial charge on any atom is 0.326 e. The van der Waals surface area contributed by atoms with Gasteiger partial charge in [0.15, 0.2) is 0 Å². The summed E-state index contributed by atoms with van der Waals surface area (Å²) >= 11 is 0. The zero-order chi connectivity index (χ0) is 26.0. The molecule has 0 aliphatic carbocycles. The maximum atomic E-state index is 12.0. The lowest BCUT2D eigenvalue weighted by Crippen LogP contribution is -2.37. The van der Waals surface area contributed by atoms with Crippen LogP contribution in [0.15, 0.2) is 42.7 Å². The molecule has 2 aromatic heterocycles. The van der Waals surface area contributed by atoms with Crippen LogP contribution in [-0.2, 0) is 22.4 Å². The van der Waals surface area contributed by atoms with E-state index in [1.165, 1.54) is 11.9 Å². The Hall–Kier alpha value is -3.79. The van der Waals surface area contributed by atoms with E-state index in [0.29, 0.717) is 25.3 Å². The highest BCUT2D eigenvalue weighted by Gasteiger charge is 2.20. The Morgan fingerprint density at radius 3 is 2.81 bits per heavy atom. The number of nitrogens with two attached hydrogens (primary N) is 1. The Labute approximate surface area is 216 Å². The number of unbranched alkanes of at least 4 members (excludes halogenated alkanes) is 1. The molecule has 0 saturated carbocycles. The largest absolute Gasteiger partial charge is 0.480 e. The molecule has 0 fully saturated rings. The van der Waals surface area contributed by atoms with Gasteiger partial charge in [-0.1, -0.05) is 18.2 Å². The van der Waals surface area contributed by atoms with Crippen molar-refractivity contribution in [2.24, 2.45) is 5.73 Å². The topological polar surface area (TPSA) is 146 Å². The Balaban J connectivity index is 1.31. The molecule has 1 amide bonds. The van der Waals surface area contributed by atoms with Gasteiger partial charge in [0.1, 0.15) is 24.0 Å². The number of fused-ring (bicyclic) bond motifs is 2.